The molecule has 3 heteroatoms. The highest BCUT2D eigenvalue weighted by molar-refractivity contribution is 7.16. The number of aromatic nitrogens is 1. The van der Waals surface area contributed by atoms with Crippen molar-refractivity contribution >= 4 is 22.9 Å². The van der Waals surface area contributed by atoms with E-state index in [1.165, 1.54) is 16.1 Å². The topological polar surface area (TPSA) is 3.88 Å². The molecule has 0 aliphatic heterocycles. The summed E-state index contributed by atoms with van der Waals surface area (Å²) in [6.07, 6.45) is 2.28. The van der Waals surface area contributed by atoms with E-state index in [9.17, 15) is 0 Å². The number of rotatable bonds is 4. The molecule has 2 heterocycles. The summed E-state index contributed by atoms with van der Waals surface area (Å²) in [7, 11) is 0. The third kappa shape index (κ3) is 3.58. The van der Waals surface area contributed by atoms with E-state index in [2.05, 4.69) is 56.7 Å². The van der Waals surface area contributed by atoms with Crippen LogP contribution in [0.3, 0.4) is 0 Å². The fourth-order valence-electron chi connectivity index (χ4n) is 2.15. The summed E-state index contributed by atoms with van der Waals surface area (Å²) in [5.41, 5.74) is 2.70. The lowest BCUT2D eigenvalue weighted by Gasteiger charge is -2.10. The molecule has 0 N–H and O–H groups in total. The zero-order chi connectivity index (χ0) is 14.0. The van der Waals surface area contributed by atoms with Gasteiger partial charge in [-0.05, 0) is 24.1 Å². The first-order valence-corrected chi connectivity index (χ1v) is 7.92. The van der Waals surface area contributed by atoms with E-state index in [0.717, 1.165) is 10.9 Å². The molecule has 0 aliphatic carbocycles. The Hall–Kier alpha value is -0.860. The Bertz CT molecular complexity index is 560. The van der Waals surface area contributed by atoms with E-state index in [1.54, 1.807) is 11.3 Å². The lowest BCUT2D eigenvalue weighted by Crippen LogP contribution is -2.39. The van der Waals surface area contributed by atoms with Crippen molar-refractivity contribution in [3.8, 4) is 0 Å². The van der Waals surface area contributed by atoms with Crippen LogP contribution in [0.25, 0.3) is 0 Å². The maximum Gasteiger partial charge on any atom is 0.178 e. The van der Waals surface area contributed by atoms with Crippen molar-refractivity contribution in [1.29, 1.82) is 0 Å². The number of nitrogens with zero attached hydrogens (tertiary/aromatic N) is 1. The molecule has 0 aromatic carbocycles. The summed E-state index contributed by atoms with van der Waals surface area (Å²) < 4.78 is 3.23. The lowest BCUT2D eigenvalue weighted by atomic mass is 10.0. The zero-order valence-corrected chi connectivity index (χ0v) is 13.6. The third-order valence-corrected chi connectivity index (χ3v) is 4.95. The van der Waals surface area contributed by atoms with Crippen molar-refractivity contribution in [2.45, 2.75) is 46.1 Å². The zero-order valence-electron chi connectivity index (χ0n) is 12.0. The van der Waals surface area contributed by atoms with Crippen LogP contribution >= 0.6 is 22.9 Å². The van der Waals surface area contributed by atoms with Gasteiger partial charge in [-0.15, -0.1) is 11.3 Å². The van der Waals surface area contributed by atoms with Crippen LogP contribution in [0.1, 0.15) is 48.7 Å². The van der Waals surface area contributed by atoms with Gasteiger partial charge in [0.1, 0.15) is 0 Å². The summed E-state index contributed by atoms with van der Waals surface area (Å²) >= 11 is 7.70. The molecule has 0 amide bonds. The smallest absolute Gasteiger partial charge is 0.178 e. The second-order valence-corrected chi connectivity index (χ2v) is 7.20. The van der Waals surface area contributed by atoms with Crippen molar-refractivity contribution in [2.75, 3.05) is 0 Å². The largest absolute Gasteiger partial charge is 0.202 e. The third-order valence-electron chi connectivity index (χ3n) is 3.49. The molecule has 0 spiro atoms. The molecule has 1 atom stereocenters. The molecule has 0 aliphatic rings. The Labute approximate surface area is 124 Å². The maximum absolute atomic E-state index is 6.02. The highest BCUT2D eigenvalue weighted by Crippen LogP contribution is 2.28. The first-order valence-electron chi connectivity index (χ1n) is 6.72. The summed E-state index contributed by atoms with van der Waals surface area (Å²) in [6, 6.07) is 8.56. The molecular formula is C16H21ClNS+. The number of aryl methyl sites for hydroxylation is 1. The number of halogens is 1. The second-order valence-electron chi connectivity index (χ2n) is 5.45. The Kier molecular flexibility index (Phi) is 4.64. The predicted octanol–water partition coefficient (Wildman–Crippen LogP) is 4.92. The Balaban J connectivity index is 2.20. The minimum atomic E-state index is 0.489. The van der Waals surface area contributed by atoms with E-state index in [-0.39, 0.29) is 0 Å². The average molecular weight is 295 g/mol. The quantitative estimate of drug-likeness (QED) is 0.704. The minimum Gasteiger partial charge on any atom is -0.202 e. The highest BCUT2D eigenvalue weighted by Gasteiger charge is 2.17. The molecule has 102 valence electrons. The van der Waals surface area contributed by atoms with Gasteiger partial charge in [0.2, 0.25) is 0 Å². The Morgan fingerprint density at radius 2 is 1.89 bits per heavy atom. The molecule has 19 heavy (non-hydrogen) atoms. The van der Waals surface area contributed by atoms with E-state index >= 15 is 0 Å². The second kappa shape index (κ2) is 6.06. The van der Waals surface area contributed by atoms with Crippen molar-refractivity contribution in [1.82, 2.24) is 0 Å². The van der Waals surface area contributed by atoms with Crippen LogP contribution in [-0.2, 0) is 6.54 Å². The van der Waals surface area contributed by atoms with Crippen LogP contribution < -0.4 is 4.57 Å². The van der Waals surface area contributed by atoms with Crippen LogP contribution in [-0.4, -0.2) is 0 Å². The summed E-state index contributed by atoms with van der Waals surface area (Å²) in [5, 5.41) is 0. The van der Waals surface area contributed by atoms with Gasteiger partial charge in [-0.3, -0.25) is 0 Å². The number of hydrogen-bond acceptors (Lipinski definition) is 1. The lowest BCUT2D eigenvalue weighted by molar-refractivity contribution is -0.705. The van der Waals surface area contributed by atoms with E-state index in [1.807, 2.05) is 6.07 Å². The first kappa shape index (κ1) is 14.5. The van der Waals surface area contributed by atoms with Crippen molar-refractivity contribution in [2.24, 2.45) is 0 Å². The monoisotopic (exact) mass is 294 g/mol. The molecule has 2 aromatic heterocycles. The molecule has 0 radical (unpaired) electrons. The molecule has 0 saturated heterocycles. The van der Waals surface area contributed by atoms with Gasteiger partial charge in [0.25, 0.3) is 0 Å². The molecule has 1 nitrogen and oxygen atoms in total. The molecule has 1 unspecified atom stereocenters. The maximum atomic E-state index is 6.02. The van der Waals surface area contributed by atoms with Gasteiger partial charge in [-0.1, -0.05) is 32.4 Å². The van der Waals surface area contributed by atoms with Crippen LogP contribution in [0.4, 0.5) is 0 Å². The summed E-state index contributed by atoms with van der Waals surface area (Å²) in [4.78, 5) is 1.35. The predicted molar refractivity (Wildman–Crippen MR) is 83.2 cm³/mol. The number of thiophene rings is 1. The molecule has 2 rings (SSSR count). The van der Waals surface area contributed by atoms with Gasteiger partial charge in [-0.2, -0.15) is 0 Å². The Morgan fingerprint density at radius 1 is 1.16 bits per heavy atom. The number of hydrogen-bond donors (Lipinski definition) is 0. The van der Waals surface area contributed by atoms with Crippen molar-refractivity contribution in [3.63, 3.8) is 0 Å². The molecule has 2 aromatic rings. The van der Waals surface area contributed by atoms with Gasteiger partial charge in [0, 0.05) is 29.3 Å². The average Bonchev–Trinajstić information content (AvgIpc) is 2.78. The molecular weight excluding hydrogens is 274 g/mol. The van der Waals surface area contributed by atoms with E-state index in [4.69, 9.17) is 11.6 Å². The van der Waals surface area contributed by atoms with Crippen LogP contribution in [0, 0.1) is 6.92 Å². The van der Waals surface area contributed by atoms with Gasteiger partial charge in [0.15, 0.2) is 18.4 Å². The van der Waals surface area contributed by atoms with Gasteiger partial charge in [-0.25, -0.2) is 4.57 Å². The van der Waals surface area contributed by atoms with Gasteiger partial charge in [0.05, 0.1) is 4.34 Å². The number of pyridine rings is 1. The molecule has 0 fully saturated rings. The fraction of sp³-hybridized carbons (Fsp3) is 0.438. The van der Waals surface area contributed by atoms with Crippen LogP contribution in [0.2, 0.25) is 4.34 Å². The summed E-state index contributed by atoms with van der Waals surface area (Å²) in [6.45, 7) is 9.90. The standard InChI is InChI=1S/C16H21ClNS/c1-11(2)14-6-5-13(4)18(10-14)9-12(3)15-7-8-16(17)19-15/h5-8,10-12H,9H2,1-4H3/q+1. The van der Waals surface area contributed by atoms with Gasteiger partial charge >= 0.3 is 0 Å². The van der Waals surface area contributed by atoms with Crippen LogP contribution in [0.15, 0.2) is 30.5 Å². The molecule has 0 saturated carbocycles. The normalized spacial score (nSPS) is 12.9. The van der Waals surface area contributed by atoms with Crippen molar-refractivity contribution in [3.05, 3.63) is 50.9 Å². The van der Waals surface area contributed by atoms with Crippen molar-refractivity contribution < 1.29 is 4.57 Å². The summed E-state index contributed by atoms with van der Waals surface area (Å²) in [5.74, 6) is 1.06. The van der Waals surface area contributed by atoms with E-state index in [0.29, 0.717) is 11.8 Å². The fourth-order valence-corrected chi connectivity index (χ4v) is 3.26. The first-order chi connectivity index (χ1) is 8.97. The minimum absolute atomic E-state index is 0.489. The SMILES string of the molecule is Cc1ccc(C(C)C)c[n+]1CC(C)c1ccc(Cl)s1. The van der Waals surface area contributed by atoms with E-state index < -0.39 is 0 Å². The van der Waals surface area contributed by atoms with Gasteiger partial charge < -0.3 is 0 Å². The van der Waals surface area contributed by atoms with Crippen LogP contribution in [0.5, 0.6) is 0 Å². The highest BCUT2D eigenvalue weighted by atomic mass is 35.5. The Morgan fingerprint density at radius 3 is 2.47 bits per heavy atom. The molecule has 0 bridgehead atoms.